The molecule has 0 bridgehead atoms. The number of hydrogen-bond acceptors (Lipinski definition) is 15. The minimum absolute atomic E-state index is 0.0329. The Hall–Kier alpha value is -1.97. The summed E-state index contributed by atoms with van der Waals surface area (Å²) in [5, 5.41) is -0.249. The van der Waals surface area contributed by atoms with Crippen LogP contribution in [0.25, 0.3) is 0 Å². The first kappa shape index (κ1) is 70.3. The van der Waals surface area contributed by atoms with Crippen LogP contribution in [0.1, 0.15) is 182 Å². The van der Waals surface area contributed by atoms with Crippen LogP contribution in [0.3, 0.4) is 0 Å². The number of carbonyl (C=O) groups is 3. The third-order valence-corrected chi connectivity index (χ3v) is 27.2. The fourth-order valence-electron chi connectivity index (χ4n) is 9.97. The van der Waals surface area contributed by atoms with Gasteiger partial charge in [0, 0.05) is 38.5 Å². The molecule has 0 spiro atoms. The Morgan fingerprint density at radius 2 is 1.06 bits per heavy atom. The highest BCUT2D eigenvalue weighted by Crippen LogP contribution is 2.54. The first-order valence-electron chi connectivity index (χ1n) is 29.1. The van der Waals surface area contributed by atoms with Crippen LogP contribution in [0.2, 0.25) is 36.3 Å². The minimum Gasteiger partial charge on any atom is -0.459 e. The number of rotatable bonds is 30. The Morgan fingerprint density at radius 1 is 0.628 bits per heavy atom. The minimum atomic E-state index is -3.66. The predicted octanol–water partition coefficient (Wildman–Crippen LogP) is 14.4. The molecule has 11 atom stereocenters. The van der Waals surface area contributed by atoms with Crippen molar-refractivity contribution < 1.29 is 70.0 Å². The zero-order chi connectivity index (χ0) is 59.1. The van der Waals surface area contributed by atoms with Gasteiger partial charge in [-0.25, -0.2) is 0 Å². The molecular formula is C60H107O15PSi2. The Balaban J connectivity index is 2.00. The summed E-state index contributed by atoms with van der Waals surface area (Å²) >= 11 is 0. The summed E-state index contributed by atoms with van der Waals surface area (Å²) < 4.78 is 85.4. The SMILES string of the molecule is CCCCC[C@@H](O[Si](C)(C)C(C)(C)C)[C@@H](C(=O)O[C@H](C)[C@H](/C=C/C=C/C=C/C=C/C=O)O[Si](C)(C)C(C)(C)C)[C@@H]1C[C@H](C[C@@H]2C[C@H](C[C@@H]3C[C@H](CC(=O)C(C)P(=O)(OCC)OCC)OC(C)(C)O3)OC(C)(C)O2)OC(C)(C)O1. The Morgan fingerprint density at radius 3 is 1.54 bits per heavy atom. The van der Waals surface area contributed by atoms with Crippen LogP contribution in [0.4, 0.5) is 0 Å². The fraction of sp³-hybridized carbons (Fsp3) is 0.817. The fourth-order valence-corrected chi connectivity index (χ4v) is 14.4. The Bertz CT molecular complexity index is 2040. The van der Waals surface area contributed by atoms with Crippen molar-refractivity contribution in [1.29, 1.82) is 0 Å². The van der Waals surface area contributed by atoms with E-state index >= 15 is 4.79 Å². The van der Waals surface area contributed by atoms with Gasteiger partial charge in [-0.05, 0) is 118 Å². The molecule has 3 rings (SSSR count). The molecule has 0 aliphatic carbocycles. The number of carbonyl (C=O) groups excluding carboxylic acids is 3. The van der Waals surface area contributed by atoms with Crippen LogP contribution in [0.5, 0.6) is 0 Å². The lowest BCUT2D eigenvalue weighted by Gasteiger charge is -2.48. The van der Waals surface area contributed by atoms with Gasteiger partial charge in [-0.3, -0.25) is 18.9 Å². The van der Waals surface area contributed by atoms with Crippen LogP contribution >= 0.6 is 7.60 Å². The summed E-state index contributed by atoms with van der Waals surface area (Å²) in [6.45, 7) is 42.9. The molecule has 3 heterocycles. The second-order valence-electron chi connectivity index (χ2n) is 26.1. The van der Waals surface area contributed by atoms with E-state index < -0.39 is 89.7 Å². The molecule has 3 fully saturated rings. The summed E-state index contributed by atoms with van der Waals surface area (Å²) in [6, 6.07) is 0. The molecule has 3 aliphatic heterocycles. The lowest BCUT2D eigenvalue weighted by atomic mass is 9.86. The van der Waals surface area contributed by atoms with E-state index in [0.29, 0.717) is 38.5 Å². The van der Waals surface area contributed by atoms with Crippen LogP contribution in [-0.4, -0.2) is 126 Å². The standard InChI is InChI=1S/C60H107O15PSi2/c1-22-25-31-35-52(75-78(20,21)57(9,10)11)54(55(63)67-43(4)51(74-77(18,19)56(6,7)8)34-32-29-27-26-28-30-33-36-61)53-42-49(72-60(16,17)73-53)40-47-38-45(68-58(12,13)70-47)37-46-39-48(71-59(14,15)69-46)41-50(62)44(5)76(64,65-23-2)66-24-3/h26-30,32-34,36,43-49,51-54H,22-25,31,35,37-42H2,1-21H3/b28-26+,29-27+,33-30+,34-32+/t43-,44?,45+,46-,47+,48-,49+,51+,52-,53+,54-/m1/s1. The topological polar surface area (TPSA) is 170 Å². The van der Waals surface area contributed by atoms with Crippen molar-refractivity contribution >= 4 is 42.3 Å². The number of allylic oxidation sites excluding steroid dienone is 7. The Labute approximate surface area is 474 Å². The van der Waals surface area contributed by atoms with Gasteiger partial charge in [0.05, 0.1) is 55.9 Å². The van der Waals surface area contributed by atoms with Crippen molar-refractivity contribution in [2.45, 2.75) is 296 Å². The molecule has 0 aromatic rings. The van der Waals surface area contributed by atoms with Crippen LogP contribution < -0.4 is 0 Å². The zero-order valence-electron chi connectivity index (χ0n) is 52.1. The van der Waals surface area contributed by atoms with E-state index in [2.05, 4.69) is 74.7 Å². The second kappa shape index (κ2) is 30.0. The van der Waals surface area contributed by atoms with Gasteiger partial charge in [-0.15, -0.1) is 0 Å². The highest BCUT2D eigenvalue weighted by molar-refractivity contribution is 7.55. The number of esters is 1. The van der Waals surface area contributed by atoms with Crippen molar-refractivity contribution in [2.75, 3.05) is 13.2 Å². The molecule has 450 valence electrons. The lowest BCUT2D eigenvalue weighted by molar-refractivity contribution is -0.337. The first-order valence-corrected chi connectivity index (χ1v) is 36.5. The third kappa shape index (κ3) is 22.3. The average Bonchev–Trinajstić information content (AvgIpc) is 3.26. The van der Waals surface area contributed by atoms with E-state index in [0.717, 1.165) is 25.5 Å². The maximum Gasteiger partial charge on any atom is 0.340 e. The van der Waals surface area contributed by atoms with E-state index in [1.54, 1.807) is 32.9 Å². The molecule has 78 heavy (non-hydrogen) atoms. The van der Waals surface area contributed by atoms with Gasteiger partial charge in [0.1, 0.15) is 35.9 Å². The van der Waals surface area contributed by atoms with Crippen molar-refractivity contribution in [3.63, 3.8) is 0 Å². The Kier molecular flexibility index (Phi) is 27.1. The molecule has 3 saturated heterocycles. The molecule has 0 aromatic heterocycles. The van der Waals surface area contributed by atoms with E-state index in [4.69, 9.17) is 51.1 Å². The van der Waals surface area contributed by atoms with Gasteiger partial charge in [0.15, 0.2) is 34.0 Å². The smallest absolute Gasteiger partial charge is 0.340 e. The number of unbranched alkanes of at least 4 members (excludes halogenated alkanes) is 2. The van der Waals surface area contributed by atoms with Crippen molar-refractivity contribution in [3.8, 4) is 0 Å². The molecule has 18 heteroatoms. The van der Waals surface area contributed by atoms with E-state index in [1.807, 2.05) is 78.8 Å². The van der Waals surface area contributed by atoms with Crippen LogP contribution in [-0.2, 0) is 70.0 Å². The third-order valence-electron chi connectivity index (χ3n) is 15.7. The normalized spacial score (nSPS) is 26.5. The molecule has 15 nitrogen and oxygen atoms in total. The van der Waals surface area contributed by atoms with Gasteiger partial charge < -0.3 is 51.1 Å². The summed E-state index contributed by atoms with van der Waals surface area (Å²) in [7, 11) is -8.51. The maximum atomic E-state index is 15.5. The molecule has 1 unspecified atom stereocenters. The molecular weight excluding hydrogens is 1050 g/mol. The highest BCUT2D eigenvalue weighted by Gasteiger charge is 2.51. The average molecular weight is 1160 g/mol. The van der Waals surface area contributed by atoms with E-state index in [-0.39, 0.29) is 59.9 Å². The van der Waals surface area contributed by atoms with Crippen molar-refractivity contribution in [1.82, 2.24) is 0 Å². The number of ketones is 1. The van der Waals surface area contributed by atoms with Gasteiger partial charge in [-0.1, -0.05) is 110 Å². The number of hydrogen-bond donors (Lipinski definition) is 0. The monoisotopic (exact) mass is 1150 g/mol. The van der Waals surface area contributed by atoms with Crippen molar-refractivity contribution in [2.24, 2.45) is 5.92 Å². The number of Topliss-reactive ketones (excluding diaryl/α,β-unsaturated/α-hetero) is 1. The summed E-state index contributed by atoms with van der Waals surface area (Å²) in [5.41, 5.74) is -0.947. The summed E-state index contributed by atoms with van der Waals surface area (Å²) in [4.78, 5) is 39.8. The molecule has 0 aromatic carbocycles. The second-order valence-corrected chi connectivity index (χ2v) is 37.9. The number of ether oxygens (including phenoxy) is 7. The highest BCUT2D eigenvalue weighted by atomic mass is 31.2. The summed E-state index contributed by atoms with van der Waals surface area (Å²) in [5.74, 6) is -4.45. The van der Waals surface area contributed by atoms with Gasteiger partial charge in [0.2, 0.25) is 0 Å². The maximum absolute atomic E-state index is 15.5. The summed E-state index contributed by atoms with van der Waals surface area (Å²) in [6.07, 6.45) is 16.9. The van der Waals surface area contributed by atoms with Crippen LogP contribution in [0.15, 0.2) is 48.6 Å². The molecule has 3 aliphatic rings. The molecule has 0 saturated carbocycles. The van der Waals surface area contributed by atoms with Crippen LogP contribution in [0, 0.1) is 5.92 Å². The lowest BCUT2D eigenvalue weighted by Crippen LogP contribution is -2.56. The van der Waals surface area contributed by atoms with E-state index in [1.165, 1.54) is 6.08 Å². The van der Waals surface area contributed by atoms with Crippen molar-refractivity contribution in [3.05, 3.63) is 48.6 Å². The van der Waals surface area contributed by atoms with E-state index in [9.17, 15) is 14.2 Å². The molecule has 0 amide bonds. The molecule has 0 N–H and O–H groups in total. The zero-order valence-corrected chi connectivity index (χ0v) is 55.0. The van der Waals surface area contributed by atoms with Gasteiger partial charge in [-0.2, -0.15) is 0 Å². The predicted molar refractivity (Wildman–Crippen MR) is 314 cm³/mol. The first-order chi connectivity index (χ1) is 35.9. The quantitative estimate of drug-likeness (QED) is 0.0126. The number of aldehydes is 1. The van der Waals surface area contributed by atoms with Gasteiger partial charge >= 0.3 is 13.6 Å². The van der Waals surface area contributed by atoms with Gasteiger partial charge in [0.25, 0.3) is 0 Å². The molecule has 0 radical (unpaired) electrons. The largest absolute Gasteiger partial charge is 0.459 e.